The Morgan fingerprint density at radius 3 is 2.74 bits per heavy atom. The van der Waals surface area contributed by atoms with Crippen LogP contribution in [0.15, 0.2) is 36.4 Å². The smallest absolute Gasteiger partial charge is 0.143 e. The number of piperidine rings is 1. The van der Waals surface area contributed by atoms with E-state index in [9.17, 15) is 0 Å². The van der Waals surface area contributed by atoms with Gasteiger partial charge in [-0.2, -0.15) is 0 Å². The molecule has 2 aliphatic rings. The van der Waals surface area contributed by atoms with Crippen molar-refractivity contribution in [1.29, 1.82) is 0 Å². The summed E-state index contributed by atoms with van der Waals surface area (Å²) in [4.78, 5) is 8.52. The van der Waals surface area contributed by atoms with Crippen molar-refractivity contribution >= 4 is 16.6 Å². The van der Waals surface area contributed by atoms with Crippen LogP contribution in [0.2, 0.25) is 0 Å². The van der Waals surface area contributed by atoms with Gasteiger partial charge in [0.05, 0.1) is 12.2 Å². The molecule has 0 spiro atoms. The molecule has 164 valence electrons. The molecule has 2 N–H and O–H groups in total. The number of nitrogens with zero attached hydrogens (tertiary/aromatic N) is 2. The Kier molecular flexibility index (Phi) is 5.63. The maximum atomic E-state index is 5.94. The molecule has 0 amide bonds. The summed E-state index contributed by atoms with van der Waals surface area (Å²) in [5, 5.41) is 4.61. The molecule has 2 aromatic carbocycles. The van der Waals surface area contributed by atoms with Crippen LogP contribution in [-0.4, -0.2) is 63.3 Å². The molecule has 3 heterocycles. The highest BCUT2D eigenvalue weighted by molar-refractivity contribution is 5.91. The highest BCUT2D eigenvalue weighted by Crippen LogP contribution is 2.38. The Balaban J connectivity index is 1.40. The number of hydrogen-bond donors (Lipinski definition) is 2. The molecule has 0 unspecified atom stereocenters. The Hall–Kier alpha value is -2.50. The number of rotatable bonds is 5. The number of anilines is 1. The van der Waals surface area contributed by atoms with Crippen LogP contribution in [0.5, 0.6) is 5.75 Å². The van der Waals surface area contributed by atoms with Crippen LogP contribution in [0.1, 0.15) is 29.9 Å². The van der Waals surface area contributed by atoms with Crippen LogP contribution in [0.25, 0.3) is 22.2 Å². The molecule has 0 aliphatic carbocycles. The minimum absolute atomic E-state index is 0.667. The van der Waals surface area contributed by atoms with Crippen molar-refractivity contribution in [2.75, 3.05) is 58.3 Å². The number of nitrogens with one attached hydrogen (secondary N) is 2. The van der Waals surface area contributed by atoms with Crippen LogP contribution in [0, 0.1) is 6.92 Å². The summed E-state index contributed by atoms with van der Waals surface area (Å²) >= 11 is 0. The lowest BCUT2D eigenvalue weighted by Crippen LogP contribution is -2.37. The van der Waals surface area contributed by atoms with E-state index in [1.54, 1.807) is 0 Å². The Labute approximate surface area is 185 Å². The molecule has 0 bridgehead atoms. The second-order valence-electron chi connectivity index (χ2n) is 9.10. The first-order valence-electron chi connectivity index (χ1n) is 11.6. The molecule has 0 radical (unpaired) electrons. The lowest BCUT2D eigenvalue weighted by Gasteiger charge is -2.32. The third kappa shape index (κ3) is 3.92. The fourth-order valence-corrected chi connectivity index (χ4v) is 5.16. The number of fused-ring (bicyclic) bond motifs is 2. The molecular formula is C26H34N4O. The minimum Gasteiger partial charge on any atom is -0.490 e. The number of likely N-dealkylation sites (N-methyl/N-ethyl adjacent to an activating group) is 2. The lowest BCUT2D eigenvalue weighted by molar-refractivity contribution is 0.214. The lowest BCUT2D eigenvalue weighted by atomic mass is 9.88. The predicted octanol–water partition coefficient (Wildman–Crippen LogP) is 4.37. The number of benzene rings is 2. The molecule has 0 saturated carbocycles. The summed E-state index contributed by atoms with van der Waals surface area (Å²) in [7, 11) is 4.16. The van der Waals surface area contributed by atoms with Crippen LogP contribution in [0.3, 0.4) is 0 Å². The average Bonchev–Trinajstić information content (AvgIpc) is 3.14. The molecule has 1 saturated heterocycles. The van der Waals surface area contributed by atoms with Crippen molar-refractivity contribution in [3.05, 3.63) is 47.5 Å². The summed E-state index contributed by atoms with van der Waals surface area (Å²) in [5.74, 6) is 1.65. The van der Waals surface area contributed by atoms with Gasteiger partial charge in [-0.15, -0.1) is 0 Å². The van der Waals surface area contributed by atoms with Gasteiger partial charge in [-0.25, -0.2) is 0 Å². The Morgan fingerprint density at radius 1 is 1.10 bits per heavy atom. The SMILES string of the molecule is CNCCN1CCC(c2ccc3[nH]c(-c4ccc5c(c4)OCCN5C)c(C)c3c2)CC1. The highest BCUT2D eigenvalue weighted by atomic mass is 16.5. The summed E-state index contributed by atoms with van der Waals surface area (Å²) in [6.07, 6.45) is 2.50. The molecule has 2 aliphatic heterocycles. The van der Waals surface area contributed by atoms with E-state index in [1.807, 2.05) is 7.05 Å². The maximum Gasteiger partial charge on any atom is 0.143 e. The number of aromatic amines is 1. The predicted molar refractivity (Wildman–Crippen MR) is 130 cm³/mol. The molecule has 5 nitrogen and oxygen atoms in total. The Bertz CT molecular complexity index is 1060. The Morgan fingerprint density at radius 2 is 1.94 bits per heavy atom. The van der Waals surface area contributed by atoms with Gasteiger partial charge in [-0.3, -0.25) is 0 Å². The van der Waals surface area contributed by atoms with Crippen molar-refractivity contribution in [2.45, 2.75) is 25.7 Å². The first-order valence-corrected chi connectivity index (χ1v) is 11.6. The number of aryl methyl sites for hydroxylation is 1. The molecule has 1 fully saturated rings. The molecule has 5 heteroatoms. The van der Waals surface area contributed by atoms with Crippen LogP contribution in [0.4, 0.5) is 5.69 Å². The fraction of sp³-hybridized carbons (Fsp3) is 0.462. The monoisotopic (exact) mass is 418 g/mol. The summed E-state index contributed by atoms with van der Waals surface area (Å²) in [6.45, 7) is 8.56. The van der Waals surface area contributed by atoms with Gasteiger partial charge in [0.2, 0.25) is 0 Å². The summed E-state index contributed by atoms with van der Waals surface area (Å²) < 4.78 is 5.94. The number of ether oxygens (including phenoxy) is 1. The van der Waals surface area contributed by atoms with E-state index in [4.69, 9.17) is 4.74 Å². The number of H-pyrrole nitrogens is 1. The normalized spacial score (nSPS) is 17.7. The van der Waals surface area contributed by atoms with E-state index in [2.05, 4.69) is 70.5 Å². The second kappa shape index (κ2) is 8.56. The maximum absolute atomic E-state index is 5.94. The van der Waals surface area contributed by atoms with E-state index < -0.39 is 0 Å². The van der Waals surface area contributed by atoms with Crippen LogP contribution in [-0.2, 0) is 0 Å². The summed E-state index contributed by atoms with van der Waals surface area (Å²) in [5.41, 5.74) is 7.61. The number of likely N-dealkylation sites (tertiary alicyclic amines) is 1. The highest BCUT2D eigenvalue weighted by Gasteiger charge is 2.22. The largest absolute Gasteiger partial charge is 0.490 e. The first-order chi connectivity index (χ1) is 15.1. The second-order valence-corrected chi connectivity index (χ2v) is 9.10. The standard InChI is InChI=1S/C26H34N4O/c1-18-22-16-20(19-8-11-30(12-9-19)13-10-27-2)4-6-23(22)28-26(18)21-5-7-24-25(17-21)31-15-14-29(24)3/h4-7,16-17,19,27-28H,8-15H2,1-3H3. The van der Waals surface area contributed by atoms with Gasteiger partial charge >= 0.3 is 0 Å². The van der Waals surface area contributed by atoms with Gasteiger partial charge < -0.3 is 24.8 Å². The van der Waals surface area contributed by atoms with Crippen LogP contribution < -0.4 is 15.0 Å². The molecule has 31 heavy (non-hydrogen) atoms. The topological polar surface area (TPSA) is 43.5 Å². The van der Waals surface area contributed by atoms with E-state index in [1.165, 1.54) is 64.9 Å². The van der Waals surface area contributed by atoms with Gasteiger partial charge in [0.25, 0.3) is 0 Å². The van der Waals surface area contributed by atoms with Crippen molar-refractivity contribution < 1.29 is 4.74 Å². The molecular weight excluding hydrogens is 384 g/mol. The summed E-state index contributed by atoms with van der Waals surface area (Å²) in [6, 6.07) is 13.6. The minimum atomic E-state index is 0.667. The number of hydrogen-bond acceptors (Lipinski definition) is 4. The zero-order valence-corrected chi connectivity index (χ0v) is 19.0. The molecule has 0 atom stereocenters. The molecule has 1 aromatic heterocycles. The van der Waals surface area contributed by atoms with Gasteiger partial charge in [0.1, 0.15) is 12.4 Å². The quantitative estimate of drug-likeness (QED) is 0.646. The van der Waals surface area contributed by atoms with Crippen molar-refractivity contribution in [1.82, 2.24) is 15.2 Å². The first kappa shape index (κ1) is 20.4. The fourth-order valence-electron chi connectivity index (χ4n) is 5.16. The van der Waals surface area contributed by atoms with Crippen LogP contribution >= 0.6 is 0 Å². The number of aromatic nitrogens is 1. The van der Waals surface area contributed by atoms with Gasteiger partial charge in [0, 0.05) is 42.3 Å². The van der Waals surface area contributed by atoms with Gasteiger partial charge in [-0.05, 0) is 81.2 Å². The van der Waals surface area contributed by atoms with E-state index in [0.29, 0.717) is 5.92 Å². The van der Waals surface area contributed by atoms with E-state index in [-0.39, 0.29) is 0 Å². The zero-order chi connectivity index (χ0) is 21.4. The van der Waals surface area contributed by atoms with Crippen molar-refractivity contribution in [3.8, 4) is 17.0 Å². The van der Waals surface area contributed by atoms with Crippen molar-refractivity contribution in [3.63, 3.8) is 0 Å². The third-order valence-corrected chi connectivity index (χ3v) is 7.16. The van der Waals surface area contributed by atoms with Crippen molar-refractivity contribution in [2.24, 2.45) is 0 Å². The average molecular weight is 419 g/mol. The molecule has 3 aromatic rings. The molecule has 5 rings (SSSR count). The van der Waals surface area contributed by atoms with Gasteiger partial charge in [-0.1, -0.05) is 12.1 Å². The van der Waals surface area contributed by atoms with E-state index in [0.717, 1.165) is 32.0 Å². The van der Waals surface area contributed by atoms with Gasteiger partial charge in [0.15, 0.2) is 0 Å². The zero-order valence-electron chi connectivity index (χ0n) is 19.0. The van der Waals surface area contributed by atoms with E-state index >= 15 is 0 Å². The third-order valence-electron chi connectivity index (χ3n) is 7.16.